The van der Waals surface area contributed by atoms with Crippen molar-refractivity contribution < 1.29 is 14.3 Å². The van der Waals surface area contributed by atoms with E-state index in [-0.39, 0.29) is 23.7 Å². The first kappa shape index (κ1) is 24.2. The highest BCUT2D eigenvalue weighted by Crippen LogP contribution is 2.40. The molecule has 2 aromatic heterocycles. The molecule has 4 fully saturated rings. The standard InChI is InChI=1S/C27H36BrN5O3/c1-26(2,3)36-25(34)33-19-6-7-20(33)16-31(15-19)22-13-23(30-21-12-18(28)14-29-24(21)22)35-17-27-8-4-10-32(27)11-5-9-27/h12-14,19-20H,4-11,15-17H2,1-3H3/t19-,20+. The van der Waals surface area contributed by atoms with Crippen molar-refractivity contribution in [3.05, 3.63) is 22.8 Å². The van der Waals surface area contributed by atoms with E-state index in [2.05, 4.69) is 31.8 Å². The molecule has 1 amide bonds. The summed E-state index contributed by atoms with van der Waals surface area (Å²) < 4.78 is 13.1. The third-order valence-electron chi connectivity index (χ3n) is 8.29. The largest absolute Gasteiger partial charge is 0.476 e. The molecule has 2 atom stereocenters. The number of anilines is 1. The Morgan fingerprint density at radius 1 is 1.14 bits per heavy atom. The van der Waals surface area contributed by atoms with E-state index in [1.165, 1.54) is 38.8 Å². The molecule has 6 heterocycles. The zero-order valence-electron chi connectivity index (χ0n) is 21.5. The van der Waals surface area contributed by atoms with Gasteiger partial charge in [-0.05, 0) is 94.4 Å². The van der Waals surface area contributed by atoms with Crippen LogP contribution in [0.15, 0.2) is 22.8 Å². The molecule has 0 radical (unpaired) electrons. The van der Waals surface area contributed by atoms with E-state index in [1.54, 1.807) is 0 Å². The van der Waals surface area contributed by atoms with Crippen LogP contribution in [0.2, 0.25) is 0 Å². The molecule has 9 heteroatoms. The summed E-state index contributed by atoms with van der Waals surface area (Å²) in [6, 6.07) is 4.34. The van der Waals surface area contributed by atoms with Crippen LogP contribution in [-0.4, -0.2) is 81.9 Å². The summed E-state index contributed by atoms with van der Waals surface area (Å²) in [7, 11) is 0. The molecule has 2 aromatic rings. The van der Waals surface area contributed by atoms with Crippen molar-refractivity contribution in [1.82, 2.24) is 19.8 Å². The number of ether oxygens (including phenoxy) is 2. The Hall–Kier alpha value is -2.13. The molecule has 4 saturated heterocycles. The fourth-order valence-corrected chi connectivity index (χ4v) is 7.06. The molecule has 0 aliphatic carbocycles. The molecule has 2 bridgehead atoms. The van der Waals surface area contributed by atoms with Crippen molar-refractivity contribution in [3.63, 3.8) is 0 Å². The average molecular weight is 559 g/mol. The molecule has 4 aliphatic rings. The third-order valence-corrected chi connectivity index (χ3v) is 8.73. The second-order valence-electron chi connectivity index (χ2n) is 11.9. The van der Waals surface area contributed by atoms with Crippen LogP contribution >= 0.6 is 15.9 Å². The summed E-state index contributed by atoms with van der Waals surface area (Å²) in [5, 5.41) is 0. The van der Waals surface area contributed by atoms with Gasteiger partial charge in [-0.2, -0.15) is 0 Å². The van der Waals surface area contributed by atoms with Crippen LogP contribution in [0.25, 0.3) is 11.0 Å². The number of carbonyl (C=O) groups is 1. The van der Waals surface area contributed by atoms with Crippen LogP contribution < -0.4 is 9.64 Å². The van der Waals surface area contributed by atoms with Crippen molar-refractivity contribution >= 4 is 38.7 Å². The van der Waals surface area contributed by atoms with E-state index in [0.717, 1.165) is 47.1 Å². The van der Waals surface area contributed by atoms with E-state index < -0.39 is 5.60 Å². The number of amides is 1. The maximum atomic E-state index is 13.0. The van der Waals surface area contributed by atoms with Crippen molar-refractivity contribution in [2.24, 2.45) is 0 Å². The van der Waals surface area contributed by atoms with Gasteiger partial charge < -0.3 is 14.4 Å². The van der Waals surface area contributed by atoms with Gasteiger partial charge in [0.25, 0.3) is 0 Å². The molecule has 8 nitrogen and oxygen atoms in total. The lowest BCUT2D eigenvalue weighted by Gasteiger charge is -2.42. The highest BCUT2D eigenvalue weighted by atomic mass is 79.9. The number of hydrogen-bond acceptors (Lipinski definition) is 7. The summed E-state index contributed by atoms with van der Waals surface area (Å²) in [6.45, 7) is 10.3. The second kappa shape index (κ2) is 9.01. The fraction of sp³-hybridized carbons (Fsp3) is 0.667. The summed E-state index contributed by atoms with van der Waals surface area (Å²) >= 11 is 3.56. The molecule has 0 spiro atoms. The number of piperazine rings is 1. The van der Waals surface area contributed by atoms with Crippen LogP contribution in [0, 0.1) is 0 Å². The van der Waals surface area contributed by atoms with E-state index in [4.69, 9.17) is 19.4 Å². The Morgan fingerprint density at radius 3 is 2.50 bits per heavy atom. The van der Waals surface area contributed by atoms with E-state index in [0.29, 0.717) is 12.5 Å². The number of pyridine rings is 2. The van der Waals surface area contributed by atoms with Crippen LogP contribution in [0.1, 0.15) is 59.3 Å². The molecule has 36 heavy (non-hydrogen) atoms. The Morgan fingerprint density at radius 2 is 1.83 bits per heavy atom. The molecule has 0 unspecified atom stereocenters. The van der Waals surface area contributed by atoms with Gasteiger partial charge in [0.1, 0.15) is 17.7 Å². The molecule has 0 aromatic carbocycles. The third kappa shape index (κ3) is 4.42. The molecular weight excluding hydrogens is 522 g/mol. The van der Waals surface area contributed by atoms with Crippen molar-refractivity contribution in [2.45, 2.75) is 82.5 Å². The van der Waals surface area contributed by atoms with Crippen molar-refractivity contribution in [3.8, 4) is 5.88 Å². The number of rotatable bonds is 4. The van der Waals surface area contributed by atoms with Gasteiger partial charge in [-0.3, -0.25) is 14.8 Å². The highest BCUT2D eigenvalue weighted by molar-refractivity contribution is 9.10. The molecule has 4 aliphatic heterocycles. The Kier molecular flexibility index (Phi) is 6.06. The lowest BCUT2D eigenvalue weighted by atomic mass is 9.95. The first-order chi connectivity index (χ1) is 17.2. The maximum absolute atomic E-state index is 13.0. The summed E-state index contributed by atoms with van der Waals surface area (Å²) in [6.07, 6.45) is 8.52. The monoisotopic (exact) mass is 557 g/mol. The van der Waals surface area contributed by atoms with Gasteiger partial charge in [0.15, 0.2) is 0 Å². The molecule has 6 rings (SSSR count). The zero-order chi connectivity index (χ0) is 25.1. The zero-order valence-corrected chi connectivity index (χ0v) is 23.1. The maximum Gasteiger partial charge on any atom is 0.410 e. The molecular formula is C27H36BrN5O3. The number of aromatic nitrogens is 2. The lowest BCUT2D eigenvalue weighted by Crippen LogP contribution is -2.56. The first-order valence-corrected chi connectivity index (χ1v) is 14.1. The summed E-state index contributed by atoms with van der Waals surface area (Å²) in [5.41, 5.74) is 2.41. The van der Waals surface area contributed by atoms with E-state index in [1.807, 2.05) is 37.9 Å². The van der Waals surface area contributed by atoms with Gasteiger partial charge >= 0.3 is 6.09 Å². The fourth-order valence-electron chi connectivity index (χ4n) is 6.74. The summed E-state index contributed by atoms with van der Waals surface area (Å²) in [5.74, 6) is 0.660. The average Bonchev–Trinajstić information content (AvgIpc) is 3.46. The van der Waals surface area contributed by atoms with Gasteiger partial charge in [-0.25, -0.2) is 9.78 Å². The van der Waals surface area contributed by atoms with Gasteiger partial charge in [-0.15, -0.1) is 0 Å². The topological polar surface area (TPSA) is 71.0 Å². The summed E-state index contributed by atoms with van der Waals surface area (Å²) in [4.78, 5) is 29.5. The SMILES string of the molecule is CC(C)(C)OC(=O)N1[C@@H]2CC[C@H]1CN(c1cc(OCC34CCCN3CCC4)nc3cc(Br)cnc13)C2. The lowest BCUT2D eigenvalue weighted by molar-refractivity contribution is 0.0123. The van der Waals surface area contributed by atoms with Crippen LogP contribution in [0.3, 0.4) is 0 Å². The predicted molar refractivity (Wildman–Crippen MR) is 143 cm³/mol. The number of carbonyl (C=O) groups excluding carboxylic acids is 1. The molecule has 194 valence electrons. The quantitative estimate of drug-likeness (QED) is 0.524. The van der Waals surface area contributed by atoms with Gasteiger partial charge in [0.2, 0.25) is 5.88 Å². The van der Waals surface area contributed by atoms with Crippen LogP contribution in [0.4, 0.5) is 10.5 Å². The van der Waals surface area contributed by atoms with E-state index >= 15 is 0 Å². The van der Waals surface area contributed by atoms with Crippen LogP contribution in [0.5, 0.6) is 5.88 Å². The van der Waals surface area contributed by atoms with Crippen molar-refractivity contribution in [2.75, 3.05) is 37.7 Å². The Labute approximate surface area is 221 Å². The Balaban J connectivity index is 1.27. The van der Waals surface area contributed by atoms with Crippen LogP contribution in [-0.2, 0) is 4.74 Å². The minimum Gasteiger partial charge on any atom is -0.476 e. The smallest absolute Gasteiger partial charge is 0.410 e. The normalized spacial score (nSPS) is 25.4. The number of halogens is 1. The number of fused-ring (bicyclic) bond motifs is 4. The number of nitrogens with zero attached hydrogens (tertiary/aromatic N) is 5. The van der Waals surface area contributed by atoms with E-state index in [9.17, 15) is 4.79 Å². The molecule has 0 N–H and O–H groups in total. The van der Waals surface area contributed by atoms with Gasteiger partial charge in [-0.1, -0.05) is 0 Å². The Bertz CT molecular complexity index is 1140. The minimum absolute atomic E-state index is 0.131. The van der Waals surface area contributed by atoms with Crippen molar-refractivity contribution in [1.29, 1.82) is 0 Å². The van der Waals surface area contributed by atoms with Gasteiger partial charge in [0, 0.05) is 29.8 Å². The second-order valence-corrected chi connectivity index (χ2v) is 12.8. The highest BCUT2D eigenvalue weighted by Gasteiger charge is 2.46. The minimum atomic E-state index is -0.494. The number of hydrogen-bond donors (Lipinski definition) is 0. The predicted octanol–water partition coefficient (Wildman–Crippen LogP) is 4.99. The van der Waals surface area contributed by atoms with Gasteiger partial charge in [0.05, 0.1) is 28.8 Å². The first-order valence-electron chi connectivity index (χ1n) is 13.3. The molecule has 0 saturated carbocycles.